The third-order valence-corrected chi connectivity index (χ3v) is 6.19. The van der Waals surface area contributed by atoms with Gasteiger partial charge in [-0.15, -0.1) is 0 Å². The van der Waals surface area contributed by atoms with Gasteiger partial charge < -0.3 is 14.2 Å². The summed E-state index contributed by atoms with van der Waals surface area (Å²) in [7, 11) is 3.64. The Kier molecular flexibility index (Phi) is 18.3. The lowest BCUT2D eigenvalue weighted by molar-refractivity contribution is -0.180. The predicted octanol–water partition coefficient (Wildman–Crippen LogP) is 6.40. The van der Waals surface area contributed by atoms with E-state index in [1.165, 1.54) is 83.5 Å². The van der Waals surface area contributed by atoms with E-state index in [4.69, 9.17) is 14.2 Å². The lowest BCUT2D eigenvalue weighted by Gasteiger charge is -2.15. The Bertz CT molecular complexity index is 497. The SMILES string of the molecule is CCCCCCCCCCCCCCCCCC(=O)O[C@H]1CC[C@@H](COC(=O)CN(C)C)O1. The molecule has 0 bridgehead atoms. The summed E-state index contributed by atoms with van der Waals surface area (Å²) in [4.78, 5) is 25.4. The average Bonchev–Trinajstić information content (AvgIpc) is 3.21. The van der Waals surface area contributed by atoms with E-state index in [1.807, 2.05) is 14.1 Å². The van der Waals surface area contributed by atoms with Crippen molar-refractivity contribution in [1.29, 1.82) is 0 Å². The first-order valence-electron chi connectivity index (χ1n) is 13.7. The molecule has 1 heterocycles. The topological polar surface area (TPSA) is 65.1 Å². The fraction of sp³-hybridized carbons (Fsp3) is 0.926. The summed E-state index contributed by atoms with van der Waals surface area (Å²) in [6.07, 6.45) is 20.9. The molecule has 0 unspecified atom stereocenters. The van der Waals surface area contributed by atoms with Crippen LogP contribution in [-0.4, -0.2) is 56.5 Å². The molecule has 0 radical (unpaired) electrons. The van der Waals surface area contributed by atoms with Crippen LogP contribution in [0.2, 0.25) is 0 Å². The number of carbonyl (C=O) groups is 2. The number of ether oxygens (including phenoxy) is 3. The van der Waals surface area contributed by atoms with Gasteiger partial charge in [-0.05, 0) is 26.9 Å². The van der Waals surface area contributed by atoms with Gasteiger partial charge >= 0.3 is 11.9 Å². The first-order chi connectivity index (χ1) is 16.0. The van der Waals surface area contributed by atoms with Crippen LogP contribution in [0.25, 0.3) is 0 Å². The minimum atomic E-state index is -0.494. The Balaban J connectivity index is 1.86. The second kappa shape index (κ2) is 20.3. The Morgan fingerprint density at radius 2 is 1.27 bits per heavy atom. The molecule has 1 fully saturated rings. The number of hydrogen-bond acceptors (Lipinski definition) is 6. The van der Waals surface area contributed by atoms with Crippen molar-refractivity contribution in [2.24, 2.45) is 0 Å². The highest BCUT2D eigenvalue weighted by Gasteiger charge is 2.29. The highest BCUT2D eigenvalue weighted by molar-refractivity contribution is 5.71. The first kappa shape index (κ1) is 29.9. The third kappa shape index (κ3) is 17.9. The lowest BCUT2D eigenvalue weighted by Crippen LogP contribution is -2.27. The van der Waals surface area contributed by atoms with E-state index in [2.05, 4.69) is 6.92 Å². The van der Waals surface area contributed by atoms with Crippen LogP contribution in [0.3, 0.4) is 0 Å². The van der Waals surface area contributed by atoms with E-state index in [1.54, 1.807) is 4.90 Å². The Morgan fingerprint density at radius 1 is 0.758 bits per heavy atom. The number of rotatable bonds is 21. The van der Waals surface area contributed by atoms with E-state index < -0.39 is 6.29 Å². The first-order valence-corrected chi connectivity index (χ1v) is 13.7. The van der Waals surface area contributed by atoms with Crippen molar-refractivity contribution in [3.05, 3.63) is 0 Å². The molecule has 0 aromatic rings. The molecule has 1 rings (SSSR count). The van der Waals surface area contributed by atoms with E-state index in [-0.39, 0.29) is 31.2 Å². The molecule has 0 saturated carbocycles. The van der Waals surface area contributed by atoms with Gasteiger partial charge in [-0.25, -0.2) is 0 Å². The minimum Gasteiger partial charge on any atom is -0.462 e. The summed E-state index contributed by atoms with van der Waals surface area (Å²) in [5, 5.41) is 0. The van der Waals surface area contributed by atoms with Crippen molar-refractivity contribution in [2.75, 3.05) is 27.2 Å². The van der Waals surface area contributed by atoms with Gasteiger partial charge in [-0.3, -0.25) is 14.5 Å². The van der Waals surface area contributed by atoms with Gasteiger partial charge in [-0.1, -0.05) is 96.8 Å². The Hall–Kier alpha value is -1.14. The second-order valence-electron chi connectivity index (χ2n) is 9.88. The maximum Gasteiger partial charge on any atom is 0.320 e. The van der Waals surface area contributed by atoms with Crippen LogP contribution in [0.15, 0.2) is 0 Å². The summed E-state index contributed by atoms with van der Waals surface area (Å²) < 4.78 is 16.3. The number of esters is 2. The van der Waals surface area contributed by atoms with Crippen molar-refractivity contribution < 1.29 is 23.8 Å². The Labute approximate surface area is 203 Å². The van der Waals surface area contributed by atoms with E-state index in [0.29, 0.717) is 12.8 Å². The summed E-state index contributed by atoms with van der Waals surface area (Å²) in [5.41, 5.74) is 0. The van der Waals surface area contributed by atoms with Gasteiger partial charge in [0.2, 0.25) is 6.29 Å². The molecule has 0 N–H and O–H groups in total. The van der Waals surface area contributed by atoms with Crippen molar-refractivity contribution in [2.45, 2.75) is 135 Å². The molecule has 1 saturated heterocycles. The van der Waals surface area contributed by atoms with E-state index in [0.717, 1.165) is 19.3 Å². The second-order valence-corrected chi connectivity index (χ2v) is 9.88. The number of hydrogen-bond donors (Lipinski definition) is 0. The quantitative estimate of drug-likeness (QED) is 0.143. The van der Waals surface area contributed by atoms with Gasteiger partial charge in [0, 0.05) is 12.8 Å². The zero-order chi connectivity index (χ0) is 24.2. The molecule has 194 valence electrons. The fourth-order valence-electron chi connectivity index (χ4n) is 4.22. The molecule has 0 aliphatic carbocycles. The highest BCUT2D eigenvalue weighted by atomic mass is 16.7. The van der Waals surface area contributed by atoms with Gasteiger partial charge in [0.15, 0.2) is 0 Å². The molecule has 0 aromatic carbocycles. The molecule has 1 aliphatic rings. The molecule has 0 spiro atoms. The normalized spacial score (nSPS) is 18.1. The van der Waals surface area contributed by atoms with Gasteiger partial charge in [0.25, 0.3) is 0 Å². The zero-order valence-electron chi connectivity index (χ0n) is 21.8. The molecule has 6 heteroatoms. The van der Waals surface area contributed by atoms with Crippen LogP contribution in [-0.2, 0) is 23.8 Å². The number of unbranched alkanes of at least 4 members (excludes halogenated alkanes) is 14. The molecular weight excluding hydrogens is 418 g/mol. The van der Waals surface area contributed by atoms with Gasteiger partial charge in [0.05, 0.1) is 12.6 Å². The third-order valence-electron chi connectivity index (χ3n) is 6.19. The van der Waals surface area contributed by atoms with Crippen molar-refractivity contribution >= 4 is 11.9 Å². The number of likely N-dealkylation sites (N-methyl/N-ethyl adjacent to an activating group) is 1. The van der Waals surface area contributed by atoms with E-state index >= 15 is 0 Å². The largest absolute Gasteiger partial charge is 0.462 e. The summed E-state index contributed by atoms with van der Waals surface area (Å²) >= 11 is 0. The summed E-state index contributed by atoms with van der Waals surface area (Å²) in [5.74, 6) is -0.447. The van der Waals surface area contributed by atoms with Crippen LogP contribution in [0.5, 0.6) is 0 Å². The Morgan fingerprint density at radius 3 is 1.79 bits per heavy atom. The smallest absolute Gasteiger partial charge is 0.320 e. The maximum atomic E-state index is 12.0. The molecule has 1 aliphatic heterocycles. The summed E-state index contributed by atoms with van der Waals surface area (Å²) in [6, 6.07) is 0. The molecule has 0 amide bonds. The van der Waals surface area contributed by atoms with Crippen LogP contribution in [0, 0.1) is 0 Å². The molecule has 33 heavy (non-hydrogen) atoms. The van der Waals surface area contributed by atoms with Crippen LogP contribution >= 0.6 is 0 Å². The lowest BCUT2D eigenvalue weighted by atomic mass is 10.0. The number of carbonyl (C=O) groups excluding carboxylic acids is 2. The van der Waals surface area contributed by atoms with Crippen molar-refractivity contribution in [1.82, 2.24) is 4.90 Å². The van der Waals surface area contributed by atoms with Crippen LogP contribution in [0.1, 0.15) is 122 Å². The summed E-state index contributed by atoms with van der Waals surface area (Å²) in [6.45, 7) is 2.75. The molecule has 2 atom stereocenters. The standard InChI is InChI=1S/C27H51NO5/c1-4-5-6-7-8-9-10-11-12-13-14-15-16-17-18-19-25(29)33-27-21-20-24(32-27)23-31-26(30)22-28(2)3/h24,27H,4-23H2,1-3H3/t24-,27-/m0/s1. The molecule has 0 aromatic heterocycles. The fourth-order valence-corrected chi connectivity index (χ4v) is 4.22. The van der Waals surface area contributed by atoms with Crippen LogP contribution < -0.4 is 0 Å². The average molecular weight is 470 g/mol. The van der Waals surface area contributed by atoms with Gasteiger partial charge in [0.1, 0.15) is 6.61 Å². The molecule has 6 nitrogen and oxygen atoms in total. The van der Waals surface area contributed by atoms with Crippen molar-refractivity contribution in [3.63, 3.8) is 0 Å². The number of nitrogens with zero attached hydrogens (tertiary/aromatic N) is 1. The minimum absolute atomic E-state index is 0.181. The maximum absolute atomic E-state index is 12.0. The van der Waals surface area contributed by atoms with E-state index in [9.17, 15) is 9.59 Å². The van der Waals surface area contributed by atoms with Crippen LogP contribution in [0.4, 0.5) is 0 Å². The van der Waals surface area contributed by atoms with Crippen molar-refractivity contribution in [3.8, 4) is 0 Å². The highest BCUT2D eigenvalue weighted by Crippen LogP contribution is 2.22. The monoisotopic (exact) mass is 469 g/mol. The molecular formula is C27H51NO5. The zero-order valence-corrected chi connectivity index (χ0v) is 21.8. The van der Waals surface area contributed by atoms with Gasteiger partial charge in [-0.2, -0.15) is 0 Å². The predicted molar refractivity (Wildman–Crippen MR) is 133 cm³/mol.